The quantitative estimate of drug-likeness (QED) is 0.871. The smallest absolute Gasteiger partial charge is 0.123 e. The lowest BCUT2D eigenvalue weighted by atomic mass is 10.0. The highest BCUT2D eigenvalue weighted by molar-refractivity contribution is 5.35. The van der Waals surface area contributed by atoms with E-state index in [9.17, 15) is 0 Å². The number of ether oxygens (including phenoxy) is 1. The van der Waals surface area contributed by atoms with E-state index in [0.29, 0.717) is 12.1 Å². The van der Waals surface area contributed by atoms with E-state index in [1.54, 1.807) is 7.11 Å². The molecule has 1 aromatic carbocycles. The highest BCUT2D eigenvalue weighted by Gasteiger charge is 2.23. The molecule has 0 spiro atoms. The van der Waals surface area contributed by atoms with Crippen LogP contribution in [0.1, 0.15) is 31.4 Å². The predicted octanol–water partition coefficient (Wildman–Crippen LogP) is 2.18. The molecule has 2 N–H and O–H groups in total. The van der Waals surface area contributed by atoms with Crippen LogP contribution in [0.3, 0.4) is 0 Å². The Balaban J connectivity index is 2.15. The number of rotatable bonds is 3. The van der Waals surface area contributed by atoms with Crippen LogP contribution in [0.4, 0.5) is 0 Å². The van der Waals surface area contributed by atoms with Gasteiger partial charge in [0.05, 0.1) is 7.11 Å². The summed E-state index contributed by atoms with van der Waals surface area (Å²) in [7, 11) is 1.73. The van der Waals surface area contributed by atoms with Crippen molar-refractivity contribution in [2.45, 2.75) is 31.8 Å². The number of nitrogens with two attached hydrogens (primary N) is 1. The molecule has 0 radical (unpaired) electrons. The molecule has 2 atom stereocenters. The van der Waals surface area contributed by atoms with E-state index in [1.807, 2.05) is 12.1 Å². The molecule has 1 aliphatic heterocycles. The van der Waals surface area contributed by atoms with Crippen molar-refractivity contribution in [3.05, 3.63) is 29.8 Å². The van der Waals surface area contributed by atoms with E-state index >= 15 is 0 Å². The first-order valence-corrected chi connectivity index (χ1v) is 6.35. The molecular weight excluding hydrogens is 212 g/mol. The maximum absolute atomic E-state index is 6.04. The Morgan fingerprint density at radius 3 is 2.88 bits per heavy atom. The molecular formula is C14H22N2O. The average molecular weight is 234 g/mol. The summed E-state index contributed by atoms with van der Waals surface area (Å²) in [5, 5.41) is 0. The fraction of sp³-hybridized carbons (Fsp3) is 0.571. The Bertz CT molecular complexity index is 367. The molecule has 94 valence electrons. The van der Waals surface area contributed by atoms with Gasteiger partial charge in [-0.05, 0) is 32.4 Å². The summed E-state index contributed by atoms with van der Waals surface area (Å²) in [6.07, 6.45) is 2.34. The van der Waals surface area contributed by atoms with Crippen molar-refractivity contribution in [2.75, 3.05) is 20.2 Å². The molecule has 0 amide bonds. The predicted molar refractivity (Wildman–Crippen MR) is 70.2 cm³/mol. The zero-order chi connectivity index (χ0) is 12.3. The zero-order valence-electron chi connectivity index (χ0n) is 10.7. The molecule has 1 fully saturated rings. The van der Waals surface area contributed by atoms with E-state index in [4.69, 9.17) is 10.5 Å². The van der Waals surface area contributed by atoms with Gasteiger partial charge in [0.2, 0.25) is 0 Å². The fourth-order valence-corrected chi connectivity index (χ4v) is 2.60. The van der Waals surface area contributed by atoms with Crippen LogP contribution in [0, 0.1) is 0 Å². The third-order valence-corrected chi connectivity index (χ3v) is 3.63. The molecule has 2 unspecified atom stereocenters. The van der Waals surface area contributed by atoms with Gasteiger partial charge in [-0.2, -0.15) is 0 Å². The normalized spacial score (nSPS) is 23.4. The van der Waals surface area contributed by atoms with Gasteiger partial charge in [0.25, 0.3) is 0 Å². The van der Waals surface area contributed by atoms with Gasteiger partial charge in [-0.3, -0.25) is 4.90 Å². The maximum Gasteiger partial charge on any atom is 0.123 e. The number of methoxy groups -OCH3 is 1. The van der Waals surface area contributed by atoms with Crippen LogP contribution in [0.25, 0.3) is 0 Å². The lowest BCUT2D eigenvalue weighted by molar-refractivity contribution is 0.157. The van der Waals surface area contributed by atoms with Gasteiger partial charge in [0.15, 0.2) is 0 Å². The van der Waals surface area contributed by atoms with Gasteiger partial charge in [0.1, 0.15) is 5.75 Å². The summed E-state index contributed by atoms with van der Waals surface area (Å²) < 4.78 is 5.43. The summed E-state index contributed by atoms with van der Waals surface area (Å²) >= 11 is 0. The first-order valence-electron chi connectivity index (χ1n) is 6.35. The number of para-hydroxylation sites is 1. The molecule has 2 rings (SSSR count). The average Bonchev–Trinajstić information content (AvgIpc) is 2.38. The monoisotopic (exact) mass is 234 g/mol. The highest BCUT2D eigenvalue weighted by Crippen LogP contribution is 2.30. The summed E-state index contributed by atoms with van der Waals surface area (Å²) in [6.45, 7) is 4.35. The first kappa shape index (κ1) is 12.4. The van der Waals surface area contributed by atoms with Crippen molar-refractivity contribution in [2.24, 2.45) is 5.73 Å². The van der Waals surface area contributed by atoms with E-state index in [-0.39, 0.29) is 0 Å². The third kappa shape index (κ3) is 2.79. The number of benzene rings is 1. The van der Waals surface area contributed by atoms with Crippen molar-refractivity contribution in [3.63, 3.8) is 0 Å². The SMILES string of the molecule is COc1ccccc1C(C)N1CCCC(N)C1. The second-order valence-electron chi connectivity index (χ2n) is 4.82. The van der Waals surface area contributed by atoms with E-state index in [1.165, 1.54) is 12.0 Å². The van der Waals surface area contributed by atoms with Crippen molar-refractivity contribution in [1.82, 2.24) is 4.90 Å². The molecule has 17 heavy (non-hydrogen) atoms. The van der Waals surface area contributed by atoms with Gasteiger partial charge in [0, 0.05) is 24.2 Å². The minimum atomic E-state index is 0.320. The van der Waals surface area contributed by atoms with Crippen LogP contribution in [0.5, 0.6) is 5.75 Å². The molecule has 0 aromatic heterocycles. The minimum absolute atomic E-state index is 0.320. The van der Waals surface area contributed by atoms with Crippen LogP contribution in [0.15, 0.2) is 24.3 Å². The summed E-state index contributed by atoms with van der Waals surface area (Å²) in [5.41, 5.74) is 7.29. The lowest BCUT2D eigenvalue weighted by Gasteiger charge is -2.36. The molecule has 1 heterocycles. The molecule has 0 saturated carbocycles. The van der Waals surface area contributed by atoms with E-state index in [0.717, 1.165) is 25.3 Å². The second-order valence-corrected chi connectivity index (χ2v) is 4.82. The summed E-state index contributed by atoms with van der Waals surface area (Å²) in [5.74, 6) is 0.971. The molecule has 0 aliphatic carbocycles. The second kappa shape index (κ2) is 5.52. The van der Waals surface area contributed by atoms with Crippen LogP contribution < -0.4 is 10.5 Å². The van der Waals surface area contributed by atoms with Gasteiger partial charge in [-0.25, -0.2) is 0 Å². The lowest BCUT2D eigenvalue weighted by Crippen LogP contribution is -2.43. The van der Waals surface area contributed by atoms with Gasteiger partial charge in [-0.1, -0.05) is 18.2 Å². The summed E-state index contributed by atoms with van der Waals surface area (Å²) in [4.78, 5) is 2.45. The number of likely N-dealkylation sites (tertiary alicyclic amines) is 1. The van der Waals surface area contributed by atoms with E-state index < -0.39 is 0 Å². The Hall–Kier alpha value is -1.06. The molecule has 0 bridgehead atoms. The molecule has 1 aromatic rings. The number of piperidine rings is 1. The largest absolute Gasteiger partial charge is 0.496 e. The number of nitrogens with zero attached hydrogens (tertiary/aromatic N) is 1. The first-order chi connectivity index (χ1) is 8.22. The van der Waals surface area contributed by atoms with Gasteiger partial charge >= 0.3 is 0 Å². The maximum atomic E-state index is 6.04. The highest BCUT2D eigenvalue weighted by atomic mass is 16.5. The Labute approximate surface area is 104 Å². The Kier molecular flexibility index (Phi) is 4.02. The number of hydrogen-bond acceptors (Lipinski definition) is 3. The third-order valence-electron chi connectivity index (χ3n) is 3.63. The van der Waals surface area contributed by atoms with Crippen molar-refractivity contribution in [1.29, 1.82) is 0 Å². The van der Waals surface area contributed by atoms with Crippen LogP contribution in [-0.2, 0) is 0 Å². The van der Waals surface area contributed by atoms with Crippen molar-refractivity contribution in [3.8, 4) is 5.75 Å². The fourth-order valence-electron chi connectivity index (χ4n) is 2.60. The Morgan fingerprint density at radius 2 is 2.18 bits per heavy atom. The van der Waals surface area contributed by atoms with Crippen molar-refractivity contribution >= 4 is 0 Å². The molecule has 1 saturated heterocycles. The Morgan fingerprint density at radius 1 is 1.41 bits per heavy atom. The van der Waals surface area contributed by atoms with Gasteiger partial charge < -0.3 is 10.5 Å². The van der Waals surface area contributed by atoms with E-state index in [2.05, 4.69) is 24.0 Å². The van der Waals surface area contributed by atoms with Crippen molar-refractivity contribution < 1.29 is 4.74 Å². The molecule has 3 heteroatoms. The zero-order valence-corrected chi connectivity index (χ0v) is 10.7. The molecule has 1 aliphatic rings. The standard InChI is InChI=1S/C14H22N2O/c1-11(16-9-5-6-12(15)10-16)13-7-3-4-8-14(13)17-2/h3-4,7-8,11-12H,5-6,9-10,15H2,1-2H3. The summed E-state index contributed by atoms with van der Waals surface area (Å²) in [6, 6.07) is 8.94. The van der Waals surface area contributed by atoms with Gasteiger partial charge in [-0.15, -0.1) is 0 Å². The molecule has 3 nitrogen and oxygen atoms in total. The van der Waals surface area contributed by atoms with Crippen LogP contribution in [-0.4, -0.2) is 31.1 Å². The minimum Gasteiger partial charge on any atom is -0.496 e. The van der Waals surface area contributed by atoms with Crippen LogP contribution >= 0.6 is 0 Å². The topological polar surface area (TPSA) is 38.5 Å². The van der Waals surface area contributed by atoms with Crippen LogP contribution in [0.2, 0.25) is 0 Å². The number of hydrogen-bond donors (Lipinski definition) is 1.